The zero-order chi connectivity index (χ0) is 22.7. The number of tetrazole rings is 1. The fourth-order valence-electron chi connectivity index (χ4n) is 5.37. The van der Waals surface area contributed by atoms with Crippen LogP contribution in [0.15, 0.2) is 66.9 Å². The van der Waals surface area contributed by atoms with Gasteiger partial charge in [0.05, 0.1) is 18.1 Å². The van der Waals surface area contributed by atoms with E-state index in [0.29, 0.717) is 6.54 Å². The number of hydrogen-bond donors (Lipinski definition) is 0. The minimum atomic E-state index is -0.0304. The largest absolute Gasteiger partial charge is 0.299 e. The highest BCUT2D eigenvalue weighted by Gasteiger charge is 2.32. The normalized spacial score (nSPS) is 19.1. The number of hydrogen-bond acceptors (Lipinski definition) is 6. The fraction of sp³-hybridized carbons (Fsp3) is 0.407. The molecular formula is C27H31N7. The van der Waals surface area contributed by atoms with E-state index in [4.69, 9.17) is 4.98 Å². The Morgan fingerprint density at radius 2 is 1.74 bits per heavy atom. The van der Waals surface area contributed by atoms with Gasteiger partial charge in [-0.1, -0.05) is 55.0 Å². The predicted octanol–water partition coefficient (Wildman–Crippen LogP) is 3.92. The molecule has 1 aliphatic heterocycles. The van der Waals surface area contributed by atoms with Crippen molar-refractivity contribution in [3.05, 3.63) is 83.8 Å². The molecule has 2 aromatic carbocycles. The van der Waals surface area contributed by atoms with Crippen molar-refractivity contribution in [1.29, 1.82) is 0 Å². The molecule has 2 fully saturated rings. The number of rotatable bonds is 6. The Bertz CT molecular complexity index is 1230. The van der Waals surface area contributed by atoms with Crippen molar-refractivity contribution in [2.45, 2.75) is 44.3 Å². The number of para-hydroxylation sites is 1. The second-order valence-corrected chi connectivity index (χ2v) is 9.55. The zero-order valence-electron chi connectivity index (χ0n) is 19.5. The van der Waals surface area contributed by atoms with Gasteiger partial charge in [-0.3, -0.25) is 14.8 Å². The molecule has 7 heteroatoms. The van der Waals surface area contributed by atoms with Crippen LogP contribution in [0.25, 0.3) is 10.9 Å². The molecule has 0 bridgehead atoms. The van der Waals surface area contributed by atoms with Crippen LogP contribution >= 0.6 is 0 Å². The topological polar surface area (TPSA) is 63.0 Å². The van der Waals surface area contributed by atoms with Crippen molar-refractivity contribution in [2.75, 3.05) is 26.2 Å². The Hall–Kier alpha value is -3.16. The summed E-state index contributed by atoms with van der Waals surface area (Å²) < 4.78 is 1.96. The molecule has 7 nitrogen and oxygen atoms in total. The minimum Gasteiger partial charge on any atom is -0.299 e. The molecule has 0 amide bonds. The first-order chi connectivity index (χ1) is 16.8. The molecule has 4 aromatic rings. The monoisotopic (exact) mass is 453 g/mol. The molecule has 1 unspecified atom stereocenters. The number of nitrogens with zero attached hydrogens (tertiary/aromatic N) is 7. The molecule has 1 saturated carbocycles. The Morgan fingerprint density at radius 3 is 2.59 bits per heavy atom. The molecule has 174 valence electrons. The SMILES string of the molecule is c1ccc(Cn2nnnc2C(c2cnc3ccccc3c2)N2CCCN(C3CCC3)CC2)cc1. The third-order valence-corrected chi connectivity index (χ3v) is 7.43. The average molecular weight is 454 g/mol. The number of fused-ring (bicyclic) bond motifs is 1. The molecule has 1 aliphatic carbocycles. The maximum Gasteiger partial charge on any atom is 0.173 e. The maximum absolute atomic E-state index is 4.79. The fourth-order valence-corrected chi connectivity index (χ4v) is 5.37. The van der Waals surface area contributed by atoms with Gasteiger partial charge in [0, 0.05) is 37.3 Å². The van der Waals surface area contributed by atoms with Crippen molar-refractivity contribution < 1.29 is 0 Å². The van der Waals surface area contributed by atoms with Gasteiger partial charge in [-0.15, -0.1) is 5.10 Å². The van der Waals surface area contributed by atoms with Crippen molar-refractivity contribution in [3.8, 4) is 0 Å². The van der Waals surface area contributed by atoms with Crippen molar-refractivity contribution in [1.82, 2.24) is 35.0 Å². The Morgan fingerprint density at radius 1 is 0.882 bits per heavy atom. The van der Waals surface area contributed by atoms with Crippen LogP contribution in [0.2, 0.25) is 0 Å². The van der Waals surface area contributed by atoms with E-state index in [9.17, 15) is 0 Å². The van der Waals surface area contributed by atoms with E-state index < -0.39 is 0 Å². The summed E-state index contributed by atoms with van der Waals surface area (Å²) >= 11 is 0. The first kappa shape index (κ1) is 21.4. The van der Waals surface area contributed by atoms with Crippen LogP contribution in [-0.2, 0) is 6.54 Å². The van der Waals surface area contributed by atoms with Crippen LogP contribution in [0.5, 0.6) is 0 Å². The van der Waals surface area contributed by atoms with Gasteiger partial charge >= 0.3 is 0 Å². The van der Waals surface area contributed by atoms with Crippen LogP contribution in [0.3, 0.4) is 0 Å². The Balaban J connectivity index is 1.36. The van der Waals surface area contributed by atoms with E-state index >= 15 is 0 Å². The van der Waals surface area contributed by atoms with E-state index in [0.717, 1.165) is 54.4 Å². The molecular weight excluding hydrogens is 422 g/mol. The van der Waals surface area contributed by atoms with Gasteiger partial charge in [0.2, 0.25) is 0 Å². The second kappa shape index (κ2) is 9.60. The highest BCUT2D eigenvalue weighted by Crippen LogP contribution is 2.31. The summed E-state index contributed by atoms with van der Waals surface area (Å²) in [5.74, 6) is 0.887. The molecule has 3 heterocycles. The quantitative estimate of drug-likeness (QED) is 0.441. The van der Waals surface area contributed by atoms with Gasteiger partial charge in [0.1, 0.15) is 0 Å². The van der Waals surface area contributed by atoms with Gasteiger partial charge < -0.3 is 0 Å². The van der Waals surface area contributed by atoms with Crippen LogP contribution in [0.1, 0.15) is 48.7 Å². The van der Waals surface area contributed by atoms with Gasteiger partial charge in [0.15, 0.2) is 5.82 Å². The van der Waals surface area contributed by atoms with Crippen LogP contribution in [0, 0.1) is 0 Å². The first-order valence-electron chi connectivity index (χ1n) is 12.5. The summed E-state index contributed by atoms with van der Waals surface area (Å²) in [4.78, 5) is 10.1. The molecule has 1 saturated heterocycles. The maximum atomic E-state index is 4.79. The van der Waals surface area contributed by atoms with Gasteiger partial charge in [-0.25, -0.2) is 4.68 Å². The van der Waals surface area contributed by atoms with Crippen molar-refractivity contribution in [3.63, 3.8) is 0 Å². The van der Waals surface area contributed by atoms with Crippen LogP contribution < -0.4 is 0 Å². The number of benzene rings is 2. The molecule has 2 aliphatic rings. The summed E-state index contributed by atoms with van der Waals surface area (Å²) in [7, 11) is 0. The zero-order valence-corrected chi connectivity index (χ0v) is 19.5. The summed E-state index contributed by atoms with van der Waals surface area (Å²) in [5, 5.41) is 14.2. The Labute approximate surface area is 200 Å². The van der Waals surface area contributed by atoms with E-state index in [1.54, 1.807) is 0 Å². The molecule has 0 spiro atoms. The summed E-state index contributed by atoms with van der Waals surface area (Å²) in [6.07, 6.45) is 7.27. The molecule has 6 rings (SSSR count). The van der Waals surface area contributed by atoms with Crippen LogP contribution in [-0.4, -0.2) is 67.2 Å². The van der Waals surface area contributed by atoms with E-state index in [1.807, 2.05) is 23.0 Å². The Kier molecular flexibility index (Phi) is 6.04. The molecule has 2 aromatic heterocycles. The van der Waals surface area contributed by atoms with Gasteiger partial charge in [-0.05, 0) is 59.5 Å². The molecule has 0 radical (unpaired) electrons. The van der Waals surface area contributed by atoms with Crippen LogP contribution in [0.4, 0.5) is 0 Å². The van der Waals surface area contributed by atoms with E-state index in [1.165, 1.54) is 31.4 Å². The highest BCUT2D eigenvalue weighted by molar-refractivity contribution is 5.78. The lowest BCUT2D eigenvalue weighted by molar-refractivity contribution is 0.127. The number of pyridine rings is 1. The highest BCUT2D eigenvalue weighted by atomic mass is 15.5. The molecule has 34 heavy (non-hydrogen) atoms. The lowest BCUT2D eigenvalue weighted by atomic mass is 9.91. The third-order valence-electron chi connectivity index (χ3n) is 7.43. The number of aromatic nitrogens is 5. The van der Waals surface area contributed by atoms with Gasteiger partial charge in [0.25, 0.3) is 0 Å². The second-order valence-electron chi connectivity index (χ2n) is 9.55. The van der Waals surface area contributed by atoms with Crippen molar-refractivity contribution in [2.24, 2.45) is 0 Å². The molecule has 0 N–H and O–H groups in total. The lowest BCUT2D eigenvalue weighted by Crippen LogP contribution is -2.42. The average Bonchev–Trinajstić information content (AvgIpc) is 3.15. The third kappa shape index (κ3) is 4.33. The predicted molar refractivity (Wildman–Crippen MR) is 132 cm³/mol. The van der Waals surface area contributed by atoms with Crippen molar-refractivity contribution >= 4 is 10.9 Å². The van der Waals surface area contributed by atoms with E-state index in [-0.39, 0.29) is 6.04 Å². The van der Waals surface area contributed by atoms with Gasteiger partial charge in [-0.2, -0.15) is 0 Å². The summed E-state index contributed by atoms with van der Waals surface area (Å²) in [6.45, 7) is 4.97. The summed E-state index contributed by atoms with van der Waals surface area (Å²) in [5.41, 5.74) is 3.36. The molecule has 1 atom stereocenters. The minimum absolute atomic E-state index is 0.0304. The first-order valence-corrected chi connectivity index (χ1v) is 12.5. The smallest absolute Gasteiger partial charge is 0.173 e. The lowest BCUT2D eigenvalue weighted by Gasteiger charge is -2.37. The van der Waals surface area contributed by atoms with E-state index in [2.05, 4.69) is 73.9 Å². The standard InChI is InChI=1S/C27H31N7/c1-2-8-21(9-3-1)20-34-27(29-30-31-34)26(23-18-22-10-4-5-13-25(22)28-19-23)33-15-7-14-32(16-17-33)24-11-6-12-24/h1-5,8-10,13,18-19,24,26H,6-7,11-12,14-17,20H2. The summed E-state index contributed by atoms with van der Waals surface area (Å²) in [6, 6.07) is 21.7.